The van der Waals surface area contributed by atoms with Crippen LogP contribution in [0.2, 0.25) is 0 Å². The first-order chi connectivity index (χ1) is 14.2. The van der Waals surface area contributed by atoms with Gasteiger partial charge in [-0.25, -0.2) is 10.4 Å². The van der Waals surface area contributed by atoms with Crippen molar-refractivity contribution in [2.75, 3.05) is 19.5 Å². The van der Waals surface area contributed by atoms with Gasteiger partial charge in [0.1, 0.15) is 0 Å². The highest BCUT2D eigenvalue weighted by atomic mass is 32.2. The van der Waals surface area contributed by atoms with Crippen LogP contribution in [0.3, 0.4) is 0 Å². The number of aromatic nitrogens is 1. The largest absolute Gasteiger partial charge is 0.493 e. The lowest BCUT2D eigenvalue weighted by atomic mass is 10.2. The van der Waals surface area contributed by atoms with Gasteiger partial charge in [0.2, 0.25) is 0 Å². The van der Waals surface area contributed by atoms with Crippen LogP contribution in [0.5, 0.6) is 11.5 Å². The number of nitrogens with zero attached hydrogens (tertiary/aromatic N) is 2. The smallest absolute Gasteiger partial charge is 0.250 e. The van der Waals surface area contributed by atoms with E-state index in [1.54, 1.807) is 13.3 Å². The number of thioether (sulfide) groups is 1. The van der Waals surface area contributed by atoms with Gasteiger partial charge in [-0.3, -0.25) is 4.79 Å². The Balaban J connectivity index is 1.54. The molecule has 3 aromatic rings. The summed E-state index contributed by atoms with van der Waals surface area (Å²) in [5, 5.41) is 6.03. The van der Waals surface area contributed by atoms with E-state index in [2.05, 4.69) is 15.5 Å². The quantitative estimate of drug-likeness (QED) is 0.310. The van der Waals surface area contributed by atoms with Gasteiger partial charge in [-0.1, -0.05) is 48.2 Å². The van der Waals surface area contributed by atoms with Crippen molar-refractivity contribution < 1.29 is 14.3 Å². The summed E-state index contributed by atoms with van der Waals surface area (Å²) >= 11 is 2.91. The van der Waals surface area contributed by atoms with Crippen molar-refractivity contribution in [3.8, 4) is 22.8 Å². The molecule has 0 spiro atoms. The molecule has 0 aliphatic rings. The average Bonchev–Trinajstić information content (AvgIpc) is 3.23. The van der Waals surface area contributed by atoms with E-state index in [4.69, 9.17) is 9.47 Å². The Morgan fingerprint density at radius 3 is 2.83 bits per heavy atom. The maximum Gasteiger partial charge on any atom is 0.250 e. The average molecular weight is 428 g/mol. The normalized spacial score (nSPS) is 10.8. The van der Waals surface area contributed by atoms with Crippen LogP contribution in [-0.4, -0.2) is 36.6 Å². The van der Waals surface area contributed by atoms with E-state index in [1.807, 2.05) is 60.8 Å². The van der Waals surface area contributed by atoms with Crippen molar-refractivity contribution in [2.45, 2.75) is 11.3 Å². The number of ether oxygens (including phenoxy) is 2. The zero-order chi connectivity index (χ0) is 20.5. The molecule has 6 nitrogen and oxygen atoms in total. The number of para-hydroxylation sites is 1. The number of hydrogen-bond donors (Lipinski definition) is 1. The van der Waals surface area contributed by atoms with Crippen LogP contribution in [0.15, 0.2) is 63.4 Å². The molecule has 0 unspecified atom stereocenters. The summed E-state index contributed by atoms with van der Waals surface area (Å²) in [5.74, 6) is 1.25. The second-order valence-corrected chi connectivity index (χ2v) is 7.84. The third-order valence-corrected chi connectivity index (χ3v) is 5.81. The third-order valence-electron chi connectivity index (χ3n) is 3.79. The molecule has 0 fully saturated rings. The number of hydrazone groups is 1. The van der Waals surface area contributed by atoms with Crippen LogP contribution < -0.4 is 14.9 Å². The Bertz CT molecular complexity index is 974. The topological polar surface area (TPSA) is 72.8 Å². The van der Waals surface area contributed by atoms with Gasteiger partial charge >= 0.3 is 0 Å². The zero-order valence-electron chi connectivity index (χ0n) is 16.1. The van der Waals surface area contributed by atoms with Gasteiger partial charge in [0.15, 0.2) is 15.8 Å². The third kappa shape index (κ3) is 5.82. The molecule has 0 radical (unpaired) electrons. The maximum atomic E-state index is 12.1. The molecule has 1 amide bonds. The van der Waals surface area contributed by atoms with E-state index in [0.29, 0.717) is 18.1 Å². The van der Waals surface area contributed by atoms with E-state index in [-0.39, 0.29) is 11.7 Å². The molecule has 0 atom stereocenters. The van der Waals surface area contributed by atoms with Crippen molar-refractivity contribution in [1.29, 1.82) is 0 Å². The molecule has 150 valence electrons. The van der Waals surface area contributed by atoms with Crippen LogP contribution in [0.1, 0.15) is 12.5 Å². The summed E-state index contributed by atoms with van der Waals surface area (Å²) in [6.45, 7) is 2.40. The lowest BCUT2D eigenvalue weighted by Gasteiger charge is -2.11. The lowest BCUT2D eigenvalue weighted by Crippen LogP contribution is -2.19. The van der Waals surface area contributed by atoms with E-state index in [9.17, 15) is 4.79 Å². The van der Waals surface area contributed by atoms with Gasteiger partial charge in [-0.05, 0) is 19.1 Å². The van der Waals surface area contributed by atoms with E-state index < -0.39 is 0 Å². The Kier molecular flexibility index (Phi) is 7.66. The minimum Gasteiger partial charge on any atom is -0.493 e. The Morgan fingerprint density at radius 2 is 2.07 bits per heavy atom. The molecule has 0 bridgehead atoms. The number of amides is 1. The summed E-state index contributed by atoms with van der Waals surface area (Å²) in [7, 11) is 1.58. The van der Waals surface area contributed by atoms with Crippen LogP contribution >= 0.6 is 23.1 Å². The molecule has 0 saturated heterocycles. The molecule has 0 aliphatic carbocycles. The number of hydrogen-bond acceptors (Lipinski definition) is 7. The number of thiazole rings is 1. The Morgan fingerprint density at radius 1 is 1.24 bits per heavy atom. The molecule has 1 aromatic heterocycles. The molecule has 3 rings (SSSR count). The molecular weight excluding hydrogens is 406 g/mol. The minimum absolute atomic E-state index is 0.205. The Labute approximate surface area is 178 Å². The second-order valence-electron chi connectivity index (χ2n) is 5.76. The van der Waals surface area contributed by atoms with Gasteiger partial charge in [0.25, 0.3) is 5.91 Å². The van der Waals surface area contributed by atoms with Gasteiger partial charge in [0, 0.05) is 16.5 Å². The van der Waals surface area contributed by atoms with Crippen LogP contribution in [0, 0.1) is 0 Å². The highest BCUT2D eigenvalue weighted by Gasteiger charge is 2.10. The molecule has 0 aliphatic heterocycles. The standard InChI is InChI=1S/C21H21N3O3S2/c1-3-27-20-16(10-7-11-18(20)26-2)12-22-24-19(25)14-29-21-23-17(13-28-21)15-8-5-4-6-9-15/h4-13H,3,14H2,1-2H3,(H,24,25)/b22-12+. The van der Waals surface area contributed by atoms with Crippen LogP contribution in [-0.2, 0) is 4.79 Å². The summed E-state index contributed by atoms with van der Waals surface area (Å²) in [4.78, 5) is 16.7. The zero-order valence-corrected chi connectivity index (χ0v) is 17.8. The number of nitrogens with one attached hydrogen (secondary N) is 1. The van der Waals surface area contributed by atoms with Crippen LogP contribution in [0.4, 0.5) is 0 Å². The molecule has 2 aromatic carbocycles. The first-order valence-corrected chi connectivity index (χ1v) is 10.8. The summed E-state index contributed by atoms with van der Waals surface area (Å²) in [6, 6.07) is 15.5. The Hall–Kier alpha value is -2.84. The molecule has 8 heteroatoms. The molecule has 1 N–H and O–H groups in total. The number of carbonyl (C=O) groups is 1. The SMILES string of the molecule is CCOc1c(/C=N/NC(=O)CSc2nc(-c3ccccc3)cs2)cccc1OC. The predicted molar refractivity (Wildman–Crippen MR) is 118 cm³/mol. The van der Waals surface area contributed by atoms with Gasteiger partial charge in [-0.15, -0.1) is 11.3 Å². The fourth-order valence-corrected chi connectivity index (χ4v) is 4.12. The number of carbonyl (C=O) groups excluding carboxylic acids is 1. The van der Waals surface area contributed by atoms with E-state index in [1.165, 1.54) is 23.1 Å². The summed E-state index contributed by atoms with van der Waals surface area (Å²) in [5.41, 5.74) is 5.24. The highest BCUT2D eigenvalue weighted by Crippen LogP contribution is 2.30. The van der Waals surface area contributed by atoms with Crippen molar-refractivity contribution in [3.63, 3.8) is 0 Å². The van der Waals surface area contributed by atoms with Crippen molar-refractivity contribution in [2.24, 2.45) is 5.10 Å². The van der Waals surface area contributed by atoms with Crippen molar-refractivity contribution in [1.82, 2.24) is 10.4 Å². The summed E-state index contributed by atoms with van der Waals surface area (Å²) < 4.78 is 11.8. The lowest BCUT2D eigenvalue weighted by molar-refractivity contribution is -0.118. The molecular formula is C21H21N3O3S2. The van der Waals surface area contributed by atoms with Crippen molar-refractivity contribution in [3.05, 3.63) is 59.5 Å². The van der Waals surface area contributed by atoms with Gasteiger partial charge in [0.05, 0.1) is 31.4 Å². The number of benzene rings is 2. The predicted octanol–water partition coefficient (Wildman–Crippen LogP) is 4.46. The van der Waals surface area contributed by atoms with E-state index in [0.717, 1.165) is 21.2 Å². The second kappa shape index (κ2) is 10.6. The monoisotopic (exact) mass is 427 g/mol. The van der Waals surface area contributed by atoms with Crippen molar-refractivity contribution >= 4 is 35.2 Å². The fourth-order valence-electron chi connectivity index (χ4n) is 2.49. The van der Waals surface area contributed by atoms with Crippen LogP contribution in [0.25, 0.3) is 11.3 Å². The van der Waals surface area contributed by atoms with Gasteiger partial charge < -0.3 is 9.47 Å². The van der Waals surface area contributed by atoms with Gasteiger partial charge in [-0.2, -0.15) is 5.10 Å². The number of methoxy groups -OCH3 is 1. The first kappa shape index (κ1) is 20.9. The number of rotatable bonds is 9. The maximum absolute atomic E-state index is 12.1. The first-order valence-electron chi connectivity index (χ1n) is 8.96. The minimum atomic E-state index is -0.205. The molecule has 29 heavy (non-hydrogen) atoms. The summed E-state index contributed by atoms with van der Waals surface area (Å²) in [6.07, 6.45) is 1.55. The highest BCUT2D eigenvalue weighted by molar-refractivity contribution is 8.01. The fraction of sp³-hybridized carbons (Fsp3) is 0.190. The molecule has 1 heterocycles. The molecule has 0 saturated carbocycles. The van der Waals surface area contributed by atoms with E-state index >= 15 is 0 Å².